The summed E-state index contributed by atoms with van der Waals surface area (Å²) in [5, 5.41) is 3.27. The van der Waals surface area contributed by atoms with Crippen molar-refractivity contribution in [1.82, 2.24) is 14.8 Å². The molecule has 0 N–H and O–H groups in total. The molecule has 2 aromatic rings. The zero-order valence-corrected chi connectivity index (χ0v) is 17.6. The SMILES string of the molecule is Cc1nc(CN2CCCN(C(=O)CSc3ccc4c(c3)CCC4)CC2)cs1. The third-order valence-corrected chi connectivity index (χ3v) is 7.23. The minimum atomic E-state index is 0.270. The van der Waals surface area contributed by atoms with Crippen LogP contribution in [0.5, 0.6) is 0 Å². The molecule has 1 aliphatic heterocycles. The van der Waals surface area contributed by atoms with Crippen LogP contribution in [0.25, 0.3) is 0 Å². The molecule has 0 saturated carbocycles. The van der Waals surface area contributed by atoms with Crippen molar-refractivity contribution in [2.24, 2.45) is 0 Å². The third-order valence-electron chi connectivity index (χ3n) is 5.43. The molecule has 1 fully saturated rings. The maximum Gasteiger partial charge on any atom is 0.232 e. The molecule has 1 saturated heterocycles. The number of nitrogens with zero attached hydrogens (tertiary/aromatic N) is 3. The van der Waals surface area contributed by atoms with Crippen molar-refractivity contribution in [2.75, 3.05) is 31.9 Å². The van der Waals surface area contributed by atoms with Gasteiger partial charge in [-0.05, 0) is 55.9 Å². The summed E-state index contributed by atoms with van der Waals surface area (Å²) in [4.78, 5) is 23.0. The minimum Gasteiger partial charge on any atom is -0.341 e. The van der Waals surface area contributed by atoms with Gasteiger partial charge < -0.3 is 4.90 Å². The smallest absolute Gasteiger partial charge is 0.232 e. The molecule has 0 radical (unpaired) electrons. The van der Waals surface area contributed by atoms with Gasteiger partial charge in [0.1, 0.15) is 0 Å². The van der Waals surface area contributed by atoms with Crippen molar-refractivity contribution in [3.63, 3.8) is 0 Å². The second-order valence-corrected chi connectivity index (χ2v) is 9.55. The fourth-order valence-electron chi connectivity index (χ4n) is 3.96. The number of hydrogen-bond donors (Lipinski definition) is 0. The lowest BCUT2D eigenvalue weighted by Crippen LogP contribution is -2.36. The van der Waals surface area contributed by atoms with Gasteiger partial charge in [-0.15, -0.1) is 23.1 Å². The van der Waals surface area contributed by atoms with Crippen LogP contribution in [0.1, 0.15) is 34.7 Å². The second kappa shape index (κ2) is 8.76. The van der Waals surface area contributed by atoms with E-state index in [9.17, 15) is 4.79 Å². The van der Waals surface area contributed by atoms with Gasteiger partial charge in [0, 0.05) is 43.0 Å². The number of aromatic nitrogens is 1. The van der Waals surface area contributed by atoms with E-state index < -0.39 is 0 Å². The minimum absolute atomic E-state index is 0.270. The maximum absolute atomic E-state index is 12.7. The van der Waals surface area contributed by atoms with Gasteiger partial charge in [-0.1, -0.05) is 6.07 Å². The van der Waals surface area contributed by atoms with Gasteiger partial charge in [-0.2, -0.15) is 0 Å². The van der Waals surface area contributed by atoms with Gasteiger partial charge in [-0.25, -0.2) is 4.98 Å². The van der Waals surface area contributed by atoms with Gasteiger partial charge in [0.05, 0.1) is 16.5 Å². The fourth-order valence-corrected chi connectivity index (χ4v) is 5.43. The Kier molecular flexibility index (Phi) is 6.15. The van der Waals surface area contributed by atoms with Crippen LogP contribution >= 0.6 is 23.1 Å². The number of thioether (sulfide) groups is 1. The molecule has 4 nitrogen and oxygen atoms in total. The second-order valence-electron chi connectivity index (χ2n) is 7.44. The molecule has 0 unspecified atom stereocenters. The predicted molar refractivity (Wildman–Crippen MR) is 113 cm³/mol. The fraction of sp³-hybridized carbons (Fsp3) is 0.524. The summed E-state index contributed by atoms with van der Waals surface area (Å²) in [7, 11) is 0. The van der Waals surface area contributed by atoms with E-state index in [1.807, 2.05) is 4.90 Å². The van der Waals surface area contributed by atoms with Crippen molar-refractivity contribution in [3.8, 4) is 0 Å². The lowest BCUT2D eigenvalue weighted by atomic mass is 10.1. The number of thiazole rings is 1. The van der Waals surface area contributed by atoms with Crippen LogP contribution < -0.4 is 0 Å². The topological polar surface area (TPSA) is 36.4 Å². The molecule has 2 heterocycles. The summed E-state index contributed by atoms with van der Waals surface area (Å²) >= 11 is 3.40. The van der Waals surface area contributed by atoms with Crippen molar-refractivity contribution in [2.45, 2.75) is 44.0 Å². The molecular weight excluding hydrogens is 374 g/mol. The molecule has 2 aliphatic rings. The maximum atomic E-state index is 12.7. The van der Waals surface area contributed by atoms with Crippen molar-refractivity contribution in [1.29, 1.82) is 0 Å². The highest BCUT2D eigenvalue weighted by molar-refractivity contribution is 8.00. The highest BCUT2D eigenvalue weighted by atomic mass is 32.2. The number of hydrogen-bond acceptors (Lipinski definition) is 5. The average Bonchev–Trinajstić information content (AvgIpc) is 3.23. The standard InChI is InChI=1S/C21H27N3OS2/c1-16-22-19(14-26-16)13-23-8-3-9-24(11-10-23)21(25)15-27-20-7-6-17-4-2-5-18(17)12-20/h6-7,12,14H,2-5,8-11,13,15H2,1H3. The number of rotatable bonds is 5. The first kappa shape index (κ1) is 19.0. The monoisotopic (exact) mass is 401 g/mol. The highest BCUT2D eigenvalue weighted by Crippen LogP contribution is 2.27. The van der Waals surface area contributed by atoms with E-state index in [0.29, 0.717) is 5.75 Å². The van der Waals surface area contributed by atoms with E-state index in [2.05, 4.69) is 40.4 Å². The lowest BCUT2D eigenvalue weighted by molar-refractivity contribution is -0.128. The van der Waals surface area contributed by atoms with E-state index in [1.54, 1.807) is 23.1 Å². The normalized spacial score (nSPS) is 17.7. The molecular formula is C21H27N3OS2. The van der Waals surface area contributed by atoms with E-state index in [1.165, 1.54) is 35.3 Å². The molecule has 6 heteroatoms. The Hall–Kier alpha value is -1.37. The molecule has 144 valence electrons. The Balaban J connectivity index is 1.26. The lowest BCUT2D eigenvalue weighted by Gasteiger charge is -2.21. The van der Waals surface area contributed by atoms with Crippen LogP contribution in [0.3, 0.4) is 0 Å². The Morgan fingerprint density at radius 2 is 2.04 bits per heavy atom. The summed E-state index contributed by atoms with van der Waals surface area (Å²) in [5.41, 5.74) is 4.13. The Morgan fingerprint density at radius 1 is 1.15 bits per heavy atom. The molecule has 27 heavy (non-hydrogen) atoms. The van der Waals surface area contributed by atoms with Crippen LogP contribution in [0.4, 0.5) is 0 Å². The van der Waals surface area contributed by atoms with Crippen molar-refractivity contribution >= 4 is 29.0 Å². The van der Waals surface area contributed by atoms with Crippen molar-refractivity contribution < 1.29 is 4.79 Å². The van der Waals surface area contributed by atoms with Gasteiger partial charge in [0.15, 0.2) is 0 Å². The van der Waals surface area contributed by atoms with Gasteiger partial charge in [-0.3, -0.25) is 9.69 Å². The first-order valence-corrected chi connectivity index (χ1v) is 11.7. The predicted octanol–water partition coefficient (Wildman–Crippen LogP) is 3.77. The Morgan fingerprint density at radius 3 is 2.89 bits per heavy atom. The summed E-state index contributed by atoms with van der Waals surface area (Å²) in [5.74, 6) is 0.816. The summed E-state index contributed by atoms with van der Waals surface area (Å²) in [6.07, 6.45) is 4.72. The van der Waals surface area contributed by atoms with Crippen LogP contribution in [0.15, 0.2) is 28.5 Å². The largest absolute Gasteiger partial charge is 0.341 e. The van der Waals surface area contributed by atoms with E-state index in [4.69, 9.17) is 0 Å². The van der Waals surface area contributed by atoms with E-state index in [-0.39, 0.29) is 5.91 Å². The summed E-state index contributed by atoms with van der Waals surface area (Å²) in [6.45, 7) is 6.62. The van der Waals surface area contributed by atoms with Crippen LogP contribution in [0, 0.1) is 6.92 Å². The molecule has 0 bridgehead atoms. The molecule has 0 atom stereocenters. The molecule has 1 aromatic heterocycles. The summed E-state index contributed by atoms with van der Waals surface area (Å²) in [6, 6.07) is 6.72. The summed E-state index contributed by atoms with van der Waals surface area (Å²) < 4.78 is 0. The number of carbonyl (C=O) groups is 1. The van der Waals surface area contributed by atoms with Crippen molar-refractivity contribution in [3.05, 3.63) is 45.4 Å². The average molecular weight is 402 g/mol. The number of aryl methyl sites for hydroxylation is 3. The Labute approximate surface area is 170 Å². The number of benzene rings is 1. The van der Waals surface area contributed by atoms with Gasteiger partial charge in [0.25, 0.3) is 0 Å². The molecule has 1 amide bonds. The van der Waals surface area contributed by atoms with Gasteiger partial charge in [0.2, 0.25) is 5.91 Å². The van der Waals surface area contributed by atoms with Gasteiger partial charge >= 0.3 is 0 Å². The first-order chi connectivity index (χ1) is 13.2. The molecule has 1 aromatic carbocycles. The van der Waals surface area contributed by atoms with E-state index in [0.717, 1.165) is 49.8 Å². The first-order valence-electron chi connectivity index (χ1n) is 9.83. The number of amides is 1. The number of carbonyl (C=O) groups excluding carboxylic acids is 1. The highest BCUT2D eigenvalue weighted by Gasteiger charge is 2.20. The quantitative estimate of drug-likeness (QED) is 0.715. The third kappa shape index (κ3) is 4.92. The Bertz CT molecular complexity index is 804. The zero-order valence-electron chi connectivity index (χ0n) is 15.9. The molecule has 1 aliphatic carbocycles. The van der Waals surface area contributed by atoms with E-state index >= 15 is 0 Å². The van der Waals surface area contributed by atoms with Crippen LogP contribution in [-0.2, 0) is 24.2 Å². The van der Waals surface area contributed by atoms with Crippen LogP contribution in [-0.4, -0.2) is 52.6 Å². The molecule has 4 rings (SSSR count). The number of fused-ring (bicyclic) bond motifs is 1. The van der Waals surface area contributed by atoms with Crippen LogP contribution in [0.2, 0.25) is 0 Å². The zero-order chi connectivity index (χ0) is 18.6. The molecule has 0 spiro atoms.